The Morgan fingerprint density at radius 2 is 2.20 bits per heavy atom. The SMILES string of the molecule is CCc1nccn1C(=O)CCCC(=O)O. The summed E-state index contributed by atoms with van der Waals surface area (Å²) in [4.78, 5) is 25.9. The van der Waals surface area contributed by atoms with Gasteiger partial charge in [0.2, 0.25) is 5.91 Å². The molecule has 0 bridgehead atoms. The number of carbonyl (C=O) groups is 2. The van der Waals surface area contributed by atoms with E-state index in [1.807, 2.05) is 6.92 Å². The Bertz CT molecular complexity index is 357. The van der Waals surface area contributed by atoms with Crippen LogP contribution in [0.5, 0.6) is 0 Å². The van der Waals surface area contributed by atoms with E-state index in [2.05, 4.69) is 4.98 Å². The van der Waals surface area contributed by atoms with Gasteiger partial charge in [-0.1, -0.05) is 6.92 Å². The Morgan fingerprint density at radius 1 is 1.47 bits per heavy atom. The molecule has 0 aliphatic carbocycles. The number of nitrogens with zero attached hydrogens (tertiary/aromatic N) is 2. The van der Waals surface area contributed by atoms with E-state index in [1.165, 1.54) is 4.57 Å². The minimum atomic E-state index is -0.871. The lowest BCUT2D eigenvalue weighted by atomic mass is 10.2. The van der Waals surface area contributed by atoms with Gasteiger partial charge in [-0.3, -0.25) is 14.2 Å². The molecule has 1 aromatic heterocycles. The summed E-state index contributed by atoms with van der Waals surface area (Å²) < 4.78 is 1.49. The highest BCUT2D eigenvalue weighted by Crippen LogP contribution is 2.04. The number of hydrogen-bond donors (Lipinski definition) is 1. The van der Waals surface area contributed by atoms with Crippen molar-refractivity contribution >= 4 is 11.9 Å². The fourth-order valence-electron chi connectivity index (χ4n) is 1.33. The van der Waals surface area contributed by atoms with E-state index >= 15 is 0 Å². The summed E-state index contributed by atoms with van der Waals surface area (Å²) in [6, 6.07) is 0. The van der Waals surface area contributed by atoms with Crippen LogP contribution in [0.3, 0.4) is 0 Å². The maximum absolute atomic E-state index is 11.6. The molecule has 0 saturated heterocycles. The highest BCUT2D eigenvalue weighted by molar-refractivity contribution is 5.79. The second-order valence-electron chi connectivity index (χ2n) is 3.21. The quantitative estimate of drug-likeness (QED) is 0.796. The average molecular weight is 210 g/mol. The van der Waals surface area contributed by atoms with Crippen molar-refractivity contribution in [2.45, 2.75) is 32.6 Å². The molecular formula is C10H14N2O3. The monoisotopic (exact) mass is 210 g/mol. The summed E-state index contributed by atoms with van der Waals surface area (Å²) in [5.74, 6) is -0.245. The van der Waals surface area contributed by atoms with Crippen molar-refractivity contribution in [3.63, 3.8) is 0 Å². The number of carboxylic acid groups (broad SMARTS) is 1. The normalized spacial score (nSPS) is 10.2. The number of aromatic nitrogens is 2. The Balaban J connectivity index is 2.50. The first kappa shape index (κ1) is 11.4. The number of hydrogen-bond acceptors (Lipinski definition) is 3. The lowest BCUT2D eigenvalue weighted by Gasteiger charge is -2.03. The first-order valence-corrected chi connectivity index (χ1v) is 4.92. The van der Waals surface area contributed by atoms with Crippen LogP contribution < -0.4 is 0 Å². The predicted octanol–water partition coefficient (Wildman–Crippen LogP) is 1.34. The average Bonchev–Trinajstić information content (AvgIpc) is 2.64. The third kappa shape index (κ3) is 3.19. The van der Waals surface area contributed by atoms with E-state index in [-0.39, 0.29) is 18.7 Å². The number of rotatable bonds is 5. The molecule has 5 heteroatoms. The van der Waals surface area contributed by atoms with Crippen LogP contribution in [0.4, 0.5) is 0 Å². The van der Waals surface area contributed by atoms with Crippen LogP contribution in [0.25, 0.3) is 0 Å². The Morgan fingerprint density at radius 3 is 2.80 bits per heavy atom. The molecule has 15 heavy (non-hydrogen) atoms. The molecule has 5 nitrogen and oxygen atoms in total. The van der Waals surface area contributed by atoms with E-state index in [1.54, 1.807) is 12.4 Å². The largest absolute Gasteiger partial charge is 0.481 e. The fraction of sp³-hybridized carbons (Fsp3) is 0.500. The van der Waals surface area contributed by atoms with Gasteiger partial charge in [0.15, 0.2) is 0 Å². The molecule has 0 amide bonds. The number of aliphatic carboxylic acids is 1. The van der Waals surface area contributed by atoms with Crippen molar-refractivity contribution in [2.24, 2.45) is 0 Å². The minimum Gasteiger partial charge on any atom is -0.481 e. The second kappa shape index (κ2) is 5.29. The molecule has 82 valence electrons. The third-order valence-electron chi connectivity index (χ3n) is 2.08. The lowest BCUT2D eigenvalue weighted by Crippen LogP contribution is -2.13. The van der Waals surface area contributed by atoms with Crippen LogP contribution >= 0.6 is 0 Å². The highest BCUT2D eigenvalue weighted by atomic mass is 16.4. The maximum atomic E-state index is 11.6. The van der Waals surface area contributed by atoms with Crippen LogP contribution in [0.2, 0.25) is 0 Å². The Hall–Kier alpha value is -1.65. The van der Waals surface area contributed by atoms with Gasteiger partial charge < -0.3 is 5.11 Å². The number of imidazole rings is 1. The van der Waals surface area contributed by atoms with Gasteiger partial charge in [0.25, 0.3) is 0 Å². The van der Waals surface area contributed by atoms with Crippen LogP contribution in [0.1, 0.15) is 36.8 Å². The summed E-state index contributed by atoms with van der Waals surface area (Å²) in [5, 5.41) is 8.43. The number of aryl methyl sites for hydroxylation is 1. The van der Waals surface area contributed by atoms with Gasteiger partial charge >= 0.3 is 5.97 Å². The topological polar surface area (TPSA) is 72.2 Å². The Kier molecular flexibility index (Phi) is 4.03. The zero-order chi connectivity index (χ0) is 11.3. The molecule has 0 fully saturated rings. The van der Waals surface area contributed by atoms with Gasteiger partial charge in [0, 0.05) is 31.7 Å². The number of carbonyl (C=O) groups excluding carboxylic acids is 1. The molecule has 0 aromatic carbocycles. The summed E-state index contributed by atoms with van der Waals surface area (Å²) in [5.41, 5.74) is 0. The zero-order valence-corrected chi connectivity index (χ0v) is 8.64. The molecule has 1 heterocycles. The Labute approximate surface area is 87.7 Å². The summed E-state index contributed by atoms with van der Waals surface area (Å²) >= 11 is 0. The van der Waals surface area contributed by atoms with Crippen LogP contribution in [-0.2, 0) is 11.2 Å². The summed E-state index contributed by atoms with van der Waals surface area (Å²) in [7, 11) is 0. The van der Waals surface area contributed by atoms with Crippen molar-refractivity contribution < 1.29 is 14.7 Å². The molecule has 1 N–H and O–H groups in total. The van der Waals surface area contributed by atoms with Crippen molar-refractivity contribution in [3.8, 4) is 0 Å². The molecule has 0 atom stereocenters. The molecule has 1 aromatic rings. The van der Waals surface area contributed by atoms with E-state index in [0.29, 0.717) is 12.8 Å². The summed E-state index contributed by atoms with van der Waals surface area (Å²) in [6.07, 6.45) is 4.53. The first-order chi connectivity index (χ1) is 7.15. The van der Waals surface area contributed by atoms with Crippen molar-refractivity contribution in [1.82, 2.24) is 9.55 Å². The van der Waals surface area contributed by atoms with Crippen LogP contribution in [-0.4, -0.2) is 26.5 Å². The fourth-order valence-corrected chi connectivity index (χ4v) is 1.33. The smallest absolute Gasteiger partial charge is 0.303 e. The molecule has 0 aliphatic rings. The predicted molar refractivity (Wildman–Crippen MR) is 53.7 cm³/mol. The van der Waals surface area contributed by atoms with Gasteiger partial charge in [-0.25, -0.2) is 4.98 Å². The highest BCUT2D eigenvalue weighted by Gasteiger charge is 2.09. The zero-order valence-electron chi connectivity index (χ0n) is 8.64. The third-order valence-corrected chi connectivity index (χ3v) is 2.08. The summed E-state index contributed by atoms with van der Waals surface area (Å²) in [6.45, 7) is 1.92. The van der Waals surface area contributed by atoms with Crippen molar-refractivity contribution in [1.29, 1.82) is 0 Å². The van der Waals surface area contributed by atoms with Gasteiger partial charge in [0.05, 0.1) is 0 Å². The molecule has 0 aliphatic heterocycles. The van der Waals surface area contributed by atoms with E-state index in [4.69, 9.17) is 5.11 Å². The molecule has 1 rings (SSSR count). The van der Waals surface area contributed by atoms with Crippen molar-refractivity contribution in [3.05, 3.63) is 18.2 Å². The van der Waals surface area contributed by atoms with Crippen LogP contribution in [0, 0.1) is 0 Å². The van der Waals surface area contributed by atoms with Gasteiger partial charge in [0.1, 0.15) is 5.82 Å². The minimum absolute atomic E-state index is 0.0297. The van der Waals surface area contributed by atoms with E-state index in [0.717, 1.165) is 5.82 Å². The maximum Gasteiger partial charge on any atom is 0.303 e. The molecule has 0 saturated carbocycles. The number of carboxylic acids is 1. The molecule has 0 spiro atoms. The molecule has 0 unspecified atom stereocenters. The van der Waals surface area contributed by atoms with E-state index in [9.17, 15) is 9.59 Å². The first-order valence-electron chi connectivity index (χ1n) is 4.92. The van der Waals surface area contributed by atoms with E-state index < -0.39 is 5.97 Å². The van der Waals surface area contributed by atoms with Gasteiger partial charge in [-0.15, -0.1) is 0 Å². The molecule has 0 radical (unpaired) electrons. The van der Waals surface area contributed by atoms with Gasteiger partial charge in [-0.2, -0.15) is 0 Å². The lowest BCUT2D eigenvalue weighted by molar-refractivity contribution is -0.137. The van der Waals surface area contributed by atoms with Crippen molar-refractivity contribution in [2.75, 3.05) is 0 Å². The molecular weight excluding hydrogens is 196 g/mol. The standard InChI is InChI=1S/C10H14N2O3/c1-2-8-11-6-7-12(8)9(13)4-3-5-10(14)15/h6-7H,2-5H2,1H3,(H,14,15). The van der Waals surface area contributed by atoms with Crippen LogP contribution in [0.15, 0.2) is 12.4 Å². The second-order valence-corrected chi connectivity index (χ2v) is 3.21. The van der Waals surface area contributed by atoms with Gasteiger partial charge in [-0.05, 0) is 6.42 Å².